The van der Waals surface area contributed by atoms with Crippen LogP contribution in [0.5, 0.6) is 0 Å². The van der Waals surface area contributed by atoms with Crippen LogP contribution in [0.2, 0.25) is 0 Å². The highest BCUT2D eigenvalue weighted by atomic mass is 14.9. The van der Waals surface area contributed by atoms with Crippen LogP contribution in [-0.2, 0) is 6.54 Å². The van der Waals surface area contributed by atoms with E-state index in [2.05, 4.69) is 41.8 Å². The van der Waals surface area contributed by atoms with Crippen LogP contribution in [0.3, 0.4) is 0 Å². The van der Waals surface area contributed by atoms with Gasteiger partial charge in [-0.1, -0.05) is 24.3 Å². The van der Waals surface area contributed by atoms with Crippen molar-refractivity contribution in [3.63, 3.8) is 0 Å². The van der Waals surface area contributed by atoms with Gasteiger partial charge in [-0.2, -0.15) is 0 Å². The van der Waals surface area contributed by atoms with Gasteiger partial charge in [-0.15, -0.1) is 0 Å². The number of rotatable bonds is 5. The van der Waals surface area contributed by atoms with Gasteiger partial charge in [0.15, 0.2) is 0 Å². The highest BCUT2D eigenvalue weighted by Gasteiger charge is 2.12. The standard InChI is InChI=1S/C14H22N2/c1-12-5-2-3-6-13(12)11-15-10-8-14-7-4-9-16-14/h2-3,5-6,14-16H,4,7-11H2,1H3. The lowest BCUT2D eigenvalue weighted by molar-refractivity contribution is 0.523. The van der Waals surface area contributed by atoms with Crippen molar-refractivity contribution in [3.05, 3.63) is 35.4 Å². The molecule has 0 aliphatic carbocycles. The minimum Gasteiger partial charge on any atom is -0.314 e. The summed E-state index contributed by atoms with van der Waals surface area (Å²) in [6.45, 7) is 5.50. The molecule has 2 N–H and O–H groups in total. The third kappa shape index (κ3) is 3.32. The number of hydrogen-bond acceptors (Lipinski definition) is 2. The fourth-order valence-electron chi connectivity index (χ4n) is 2.31. The molecule has 88 valence electrons. The Balaban J connectivity index is 1.66. The van der Waals surface area contributed by atoms with Gasteiger partial charge in [0.1, 0.15) is 0 Å². The summed E-state index contributed by atoms with van der Waals surface area (Å²) >= 11 is 0. The average molecular weight is 218 g/mol. The van der Waals surface area contributed by atoms with Crippen molar-refractivity contribution < 1.29 is 0 Å². The molecule has 1 fully saturated rings. The first-order valence-corrected chi connectivity index (χ1v) is 6.35. The topological polar surface area (TPSA) is 24.1 Å². The zero-order valence-corrected chi connectivity index (χ0v) is 10.1. The summed E-state index contributed by atoms with van der Waals surface area (Å²) in [6.07, 6.45) is 3.96. The van der Waals surface area contributed by atoms with Crippen molar-refractivity contribution in [2.24, 2.45) is 0 Å². The molecule has 1 saturated heterocycles. The average Bonchev–Trinajstić information content (AvgIpc) is 2.79. The molecule has 2 rings (SSSR count). The van der Waals surface area contributed by atoms with Gasteiger partial charge in [0, 0.05) is 12.6 Å². The molecule has 1 atom stereocenters. The van der Waals surface area contributed by atoms with Crippen LogP contribution in [0.15, 0.2) is 24.3 Å². The van der Waals surface area contributed by atoms with Gasteiger partial charge in [-0.05, 0) is 50.4 Å². The fraction of sp³-hybridized carbons (Fsp3) is 0.571. The maximum Gasteiger partial charge on any atom is 0.0208 e. The molecule has 0 amide bonds. The molecule has 0 radical (unpaired) electrons. The molecule has 1 unspecified atom stereocenters. The molecule has 16 heavy (non-hydrogen) atoms. The van der Waals surface area contributed by atoms with Crippen LogP contribution in [0.4, 0.5) is 0 Å². The smallest absolute Gasteiger partial charge is 0.0208 e. The van der Waals surface area contributed by atoms with Gasteiger partial charge in [0.25, 0.3) is 0 Å². The normalized spacial score (nSPS) is 20.2. The molecule has 2 nitrogen and oxygen atoms in total. The number of nitrogens with one attached hydrogen (secondary N) is 2. The summed E-state index contributed by atoms with van der Waals surface area (Å²) < 4.78 is 0. The van der Waals surface area contributed by atoms with Gasteiger partial charge in [0.2, 0.25) is 0 Å². The van der Waals surface area contributed by atoms with Crippen LogP contribution in [0, 0.1) is 6.92 Å². The third-order valence-electron chi connectivity index (χ3n) is 3.41. The van der Waals surface area contributed by atoms with Crippen LogP contribution in [0.25, 0.3) is 0 Å². The van der Waals surface area contributed by atoms with Crippen molar-refractivity contribution in [2.45, 2.75) is 38.8 Å². The first-order valence-electron chi connectivity index (χ1n) is 6.35. The van der Waals surface area contributed by atoms with Crippen molar-refractivity contribution in [3.8, 4) is 0 Å². The number of benzene rings is 1. The van der Waals surface area contributed by atoms with Gasteiger partial charge in [-0.25, -0.2) is 0 Å². The van der Waals surface area contributed by atoms with Crippen molar-refractivity contribution >= 4 is 0 Å². The molecular weight excluding hydrogens is 196 g/mol. The van der Waals surface area contributed by atoms with Gasteiger partial charge in [0.05, 0.1) is 0 Å². The lowest BCUT2D eigenvalue weighted by Gasteiger charge is -2.11. The van der Waals surface area contributed by atoms with Gasteiger partial charge < -0.3 is 10.6 Å². The summed E-state index contributed by atoms with van der Waals surface area (Å²) in [7, 11) is 0. The predicted molar refractivity (Wildman–Crippen MR) is 68.5 cm³/mol. The zero-order chi connectivity index (χ0) is 11.2. The number of aryl methyl sites for hydroxylation is 1. The quantitative estimate of drug-likeness (QED) is 0.741. The fourth-order valence-corrected chi connectivity index (χ4v) is 2.31. The van der Waals surface area contributed by atoms with Crippen molar-refractivity contribution in [1.29, 1.82) is 0 Å². The summed E-state index contributed by atoms with van der Waals surface area (Å²) in [5, 5.41) is 7.06. The zero-order valence-electron chi connectivity index (χ0n) is 10.1. The van der Waals surface area contributed by atoms with Crippen molar-refractivity contribution in [2.75, 3.05) is 13.1 Å². The van der Waals surface area contributed by atoms with E-state index in [4.69, 9.17) is 0 Å². The van der Waals surface area contributed by atoms with Gasteiger partial charge in [-0.3, -0.25) is 0 Å². The van der Waals surface area contributed by atoms with E-state index in [1.165, 1.54) is 36.9 Å². The summed E-state index contributed by atoms with van der Waals surface area (Å²) in [5.74, 6) is 0. The summed E-state index contributed by atoms with van der Waals surface area (Å²) in [5.41, 5.74) is 2.80. The largest absolute Gasteiger partial charge is 0.314 e. The van der Waals surface area contributed by atoms with Crippen LogP contribution in [-0.4, -0.2) is 19.1 Å². The summed E-state index contributed by atoms with van der Waals surface area (Å²) in [6, 6.07) is 9.35. The SMILES string of the molecule is Cc1ccccc1CNCCC1CCCN1. The molecule has 0 aromatic heterocycles. The van der Waals surface area contributed by atoms with Crippen molar-refractivity contribution in [1.82, 2.24) is 10.6 Å². The Labute approximate surface area is 98.4 Å². The second kappa shape index (κ2) is 6.02. The maximum atomic E-state index is 3.53. The Bertz CT molecular complexity index is 316. The van der Waals surface area contributed by atoms with E-state index >= 15 is 0 Å². The Morgan fingerprint density at radius 1 is 1.38 bits per heavy atom. The molecule has 0 bridgehead atoms. The first-order chi connectivity index (χ1) is 7.86. The van der Waals surface area contributed by atoms with Gasteiger partial charge >= 0.3 is 0 Å². The molecule has 1 aliphatic heterocycles. The van der Waals surface area contributed by atoms with E-state index in [1.807, 2.05) is 0 Å². The van der Waals surface area contributed by atoms with E-state index in [1.54, 1.807) is 0 Å². The number of hydrogen-bond donors (Lipinski definition) is 2. The predicted octanol–water partition coefficient (Wildman–Crippen LogP) is 2.23. The van der Waals surface area contributed by atoms with E-state index in [0.29, 0.717) is 0 Å². The second-order valence-corrected chi connectivity index (χ2v) is 4.69. The Kier molecular flexibility index (Phi) is 4.37. The minimum absolute atomic E-state index is 0.754. The minimum atomic E-state index is 0.754. The Hall–Kier alpha value is -0.860. The molecule has 0 spiro atoms. The van der Waals surface area contributed by atoms with E-state index in [0.717, 1.165) is 19.1 Å². The molecule has 2 heteroatoms. The lowest BCUT2D eigenvalue weighted by atomic mass is 10.1. The molecule has 1 aliphatic rings. The highest BCUT2D eigenvalue weighted by molar-refractivity contribution is 5.25. The summed E-state index contributed by atoms with van der Waals surface area (Å²) in [4.78, 5) is 0. The van der Waals surface area contributed by atoms with Crippen LogP contribution < -0.4 is 10.6 Å². The Morgan fingerprint density at radius 2 is 2.25 bits per heavy atom. The molecule has 1 heterocycles. The first kappa shape index (κ1) is 11.6. The second-order valence-electron chi connectivity index (χ2n) is 4.69. The van der Waals surface area contributed by atoms with Crippen LogP contribution in [0.1, 0.15) is 30.4 Å². The monoisotopic (exact) mass is 218 g/mol. The molecule has 1 aromatic carbocycles. The highest BCUT2D eigenvalue weighted by Crippen LogP contribution is 2.09. The van der Waals surface area contributed by atoms with E-state index < -0.39 is 0 Å². The molecule has 1 aromatic rings. The molecular formula is C14H22N2. The van der Waals surface area contributed by atoms with Crippen LogP contribution >= 0.6 is 0 Å². The Morgan fingerprint density at radius 3 is 3.00 bits per heavy atom. The maximum absolute atomic E-state index is 3.53. The molecule has 0 saturated carbocycles. The third-order valence-corrected chi connectivity index (χ3v) is 3.41. The van der Waals surface area contributed by atoms with E-state index in [9.17, 15) is 0 Å². The lowest BCUT2D eigenvalue weighted by Crippen LogP contribution is -2.26. The van der Waals surface area contributed by atoms with E-state index in [-0.39, 0.29) is 0 Å².